The molecule has 0 aliphatic carbocycles. The van der Waals surface area contributed by atoms with Crippen molar-refractivity contribution < 1.29 is 15.2 Å². The lowest BCUT2D eigenvalue weighted by atomic mass is 9.80. The molecule has 0 aromatic heterocycles. The number of thioether (sulfide) groups is 1. The lowest BCUT2D eigenvalue weighted by molar-refractivity contribution is 0.426. The Hall–Kier alpha value is -3.50. The number of benzene rings is 4. The highest BCUT2D eigenvalue weighted by atomic mass is 32.2. The lowest BCUT2D eigenvalue weighted by Gasteiger charge is -2.11. The molecule has 32 heavy (non-hydrogen) atoms. The van der Waals surface area contributed by atoms with Crippen LogP contribution in [0.15, 0.2) is 95.9 Å². The summed E-state index contributed by atoms with van der Waals surface area (Å²) in [6, 6.07) is 30.7. The van der Waals surface area contributed by atoms with Gasteiger partial charge in [-0.05, 0) is 39.8 Å². The summed E-state index contributed by atoms with van der Waals surface area (Å²) in [5.74, 6) is 0.595. The predicted octanol–water partition coefficient (Wildman–Crippen LogP) is 4.57. The number of hydrogen-bond donors (Lipinski definition) is 3. The Kier molecular flexibility index (Phi) is 6.62. The van der Waals surface area contributed by atoms with E-state index in [9.17, 15) is 20.4 Å². The smallest absolute Gasteiger partial charge is 0.488 e. The van der Waals surface area contributed by atoms with Crippen LogP contribution >= 0.6 is 11.8 Å². The van der Waals surface area contributed by atoms with E-state index in [0.29, 0.717) is 16.8 Å². The van der Waals surface area contributed by atoms with Crippen molar-refractivity contribution in [3.63, 3.8) is 0 Å². The fraction of sp³-hybridized carbons (Fsp3) is 0.0385. The van der Waals surface area contributed by atoms with Gasteiger partial charge in [0.2, 0.25) is 0 Å². The number of phenolic OH excluding ortho intramolecular Hbond substituents is 1. The zero-order valence-electron chi connectivity index (χ0n) is 17.1. The van der Waals surface area contributed by atoms with Crippen LogP contribution in [-0.4, -0.2) is 22.3 Å². The van der Waals surface area contributed by atoms with Crippen LogP contribution in [-0.2, 0) is 5.75 Å². The molecule has 6 heteroatoms. The first kappa shape index (κ1) is 21.7. The molecule has 156 valence electrons. The standard InChI is InChI=1S/C26H20BNO3S/c28-16-25-24(21-10-8-20(9-11-21)19-4-2-1-3-5-19)14-23(15-26(25)29)32-17-18-6-12-22(13-7-18)27(30)31/h1-15,29-31H,17H2. The highest BCUT2D eigenvalue weighted by molar-refractivity contribution is 7.98. The van der Waals surface area contributed by atoms with Gasteiger partial charge in [-0.3, -0.25) is 0 Å². The summed E-state index contributed by atoms with van der Waals surface area (Å²) in [6.07, 6.45) is 0. The second-order valence-electron chi connectivity index (χ2n) is 7.32. The van der Waals surface area contributed by atoms with Crippen molar-refractivity contribution in [3.05, 3.63) is 102 Å². The van der Waals surface area contributed by atoms with Crippen molar-refractivity contribution in [2.75, 3.05) is 0 Å². The molecular weight excluding hydrogens is 417 g/mol. The van der Waals surface area contributed by atoms with Gasteiger partial charge in [0.1, 0.15) is 17.4 Å². The monoisotopic (exact) mass is 437 g/mol. The molecule has 0 atom stereocenters. The van der Waals surface area contributed by atoms with E-state index in [0.717, 1.165) is 27.1 Å². The van der Waals surface area contributed by atoms with Gasteiger partial charge in [0, 0.05) is 16.2 Å². The molecule has 0 spiro atoms. The van der Waals surface area contributed by atoms with Crippen LogP contribution in [0.3, 0.4) is 0 Å². The van der Waals surface area contributed by atoms with Gasteiger partial charge in [0.15, 0.2) is 0 Å². The Balaban J connectivity index is 1.59. The predicted molar refractivity (Wildman–Crippen MR) is 130 cm³/mol. The molecule has 0 saturated heterocycles. The van der Waals surface area contributed by atoms with Crippen LogP contribution in [0.1, 0.15) is 11.1 Å². The molecule has 0 radical (unpaired) electrons. The first-order valence-corrected chi connectivity index (χ1v) is 11.0. The van der Waals surface area contributed by atoms with Crippen molar-refractivity contribution in [2.45, 2.75) is 10.6 Å². The van der Waals surface area contributed by atoms with Crippen LogP contribution < -0.4 is 5.46 Å². The number of nitrogens with zero attached hydrogens (tertiary/aromatic N) is 1. The van der Waals surface area contributed by atoms with Crippen molar-refractivity contribution in [2.24, 2.45) is 0 Å². The third kappa shape index (κ3) is 4.87. The minimum atomic E-state index is -1.48. The molecule has 0 fully saturated rings. The van der Waals surface area contributed by atoms with Gasteiger partial charge in [-0.25, -0.2) is 0 Å². The van der Waals surface area contributed by atoms with Crippen LogP contribution in [0.5, 0.6) is 5.75 Å². The number of hydrogen-bond acceptors (Lipinski definition) is 5. The maximum absolute atomic E-state index is 10.5. The molecule has 4 nitrogen and oxygen atoms in total. The summed E-state index contributed by atoms with van der Waals surface area (Å²) < 4.78 is 0. The Morgan fingerprint density at radius 1 is 0.781 bits per heavy atom. The van der Waals surface area contributed by atoms with Gasteiger partial charge in [-0.15, -0.1) is 11.8 Å². The lowest BCUT2D eigenvalue weighted by Crippen LogP contribution is -2.29. The summed E-state index contributed by atoms with van der Waals surface area (Å²) in [4.78, 5) is 0.843. The largest absolute Gasteiger partial charge is 0.507 e. The topological polar surface area (TPSA) is 84.5 Å². The number of aromatic hydroxyl groups is 1. The molecule has 0 aliphatic rings. The third-order valence-electron chi connectivity index (χ3n) is 5.19. The second-order valence-corrected chi connectivity index (χ2v) is 8.37. The second kappa shape index (κ2) is 9.76. The van der Waals surface area contributed by atoms with Gasteiger partial charge in [-0.2, -0.15) is 5.26 Å². The molecule has 0 unspecified atom stereocenters. The highest BCUT2D eigenvalue weighted by Gasteiger charge is 2.14. The minimum Gasteiger partial charge on any atom is -0.507 e. The number of nitriles is 1. The maximum atomic E-state index is 10.5. The minimum absolute atomic E-state index is 0.0432. The fourth-order valence-electron chi connectivity index (χ4n) is 3.45. The molecule has 0 heterocycles. The Morgan fingerprint density at radius 3 is 2.03 bits per heavy atom. The van der Waals surface area contributed by atoms with E-state index >= 15 is 0 Å². The average molecular weight is 437 g/mol. The van der Waals surface area contributed by atoms with E-state index in [1.165, 1.54) is 11.8 Å². The highest BCUT2D eigenvalue weighted by Crippen LogP contribution is 2.36. The molecule has 0 amide bonds. The normalized spacial score (nSPS) is 10.5. The summed E-state index contributed by atoms with van der Waals surface area (Å²) in [5, 5.41) is 38.5. The third-order valence-corrected chi connectivity index (χ3v) is 6.24. The van der Waals surface area contributed by atoms with E-state index in [4.69, 9.17) is 0 Å². The van der Waals surface area contributed by atoms with E-state index in [2.05, 4.69) is 6.07 Å². The zero-order valence-corrected chi connectivity index (χ0v) is 18.0. The van der Waals surface area contributed by atoms with Gasteiger partial charge >= 0.3 is 7.12 Å². The molecule has 0 bridgehead atoms. The van der Waals surface area contributed by atoms with E-state index in [-0.39, 0.29) is 11.3 Å². The molecule has 4 rings (SSSR count). The van der Waals surface area contributed by atoms with Crippen molar-refractivity contribution in [3.8, 4) is 34.1 Å². The first-order valence-electron chi connectivity index (χ1n) is 10.1. The number of rotatable bonds is 6. The first-order chi connectivity index (χ1) is 15.5. The average Bonchev–Trinajstić information content (AvgIpc) is 2.83. The summed E-state index contributed by atoms with van der Waals surface area (Å²) in [7, 11) is -1.48. The molecule has 3 N–H and O–H groups in total. The van der Waals surface area contributed by atoms with E-state index in [1.54, 1.807) is 18.2 Å². The van der Waals surface area contributed by atoms with Gasteiger partial charge in [0.25, 0.3) is 0 Å². The summed E-state index contributed by atoms with van der Waals surface area (Å²) in [5.41, 5.74) is 5.45. The SMILES string of the molecule is N#Cc1c(O)cc(SCc2ccc(B(O)O)cc2)cc1-c1ccc(-c2ccccc2)cc1. The van der Waals surface area contributed by atoms with Crippen molar-refractivity contribution in [1.82, 2.24) is 0 Å². The summed E-state index contributed by atoms with van der Waals surface area (Å²) in [6.45, 7) is 0. The molecule has 4 aromatic rings. The quantitative estimate of drug-likeness (QED) is 0.304. The van der Waals surface area contributed by atoms with Gasteiger partial charge < -0.3 is 15.2 Å². The maximum Gasteiger partial charge on any atom is 0.488 e. The summed E-state index contributed by atoms with van der Waals surface area (Å²) >= 11 is 1.54. The fourth-order valence-corrected chi connectivity index (χ4v) is 4.38. The molecule has 4 aromatic carbocycles. The Labute approximate surface area is 191 Å². The van der Waals surface area contributed by atoms with Gasteiger partial charge in [-0.1, -0.05) is 78.9 Å². The van der Waals surface area contributed by atoms with Crippen molar-refractivity contribution in [1.29, 1.82) is 5.26 Å². The van der Waals surface area contributed by atoms with Gasteiger partial charge in [0.05, 0.1) is 0 Å². The van der Waals surface area contributed by atoms with Crippen LogP contribution in [0.4, 0.5) is 0 Å². The molecule has 0 aliphatic heterocycles. The van der Waals surface area contributed by atoms with E-state index < -0.39 is 7.12 Å². The molecular formula is C26H20BNO3S. The van der Waals surface area contributed by atoms with Crippen molar-refractivity contribution >= 4 is 24.3 Å². The van der Waals surface area contributed by atoms with Crippen LogP contribution in [0.2, 0.25) is 0 Å². The Morgan fingerprint density at radius 2 is 1.41 bits per heavy atom. The molecule has 0 saturated carbocycles. The zero-order chi connectivity index (χ0) is 22.5. The number of phenols is 1. The van der Waals surface area contributed by atoms with E-state index in [1.807, 2.05) is 72.8 Å². The van der Waals surface area contributed by atoms with Crippen LogP contribution in [0, 0.1) is 11.3 Å². The van der Waals surface area contributed by atoms with Crippen LogP contribution in [0.25, 0.3) is 22.3 Å². The Bertz CT molecular complexity index is 1250.